The minimum absolute atomic E-state index is 0.0676. The number of nitrogens with zero attached hydrogens (tertiary/aromatic N) is 4. The molecule has 0 heterocycles. The number of nitrogens with two attached hydrogens (primary N) is 1. The first-order chi connectivity index (χ1) is 25.5. The zero-order valence-corrected chi connectivity index (χ0v) is 33.1. The number of hydrogen-bond acceptors (Lipinski definition) is 16. The van der Waals surface area contributed by atoms with Crippen LogP contribution in [0.1, 0.15) is 33.6 Å². The second-order valence-corrected chi connectivity index (χ2v) is 15.4. The van der Waals surface area contributed by atoms with Crippen molar-refractivity contribution >= 4 is 94.3 Å². The summed E-state index contributed by atoms with van der Waals surface area (Å²) in [7, 11) is -7.30. The number of anilines is 2. The number of nitro groups is 2. The fourth-order valence-corrected chi connectivity index (χ4v) is 5.85. The van der Waals surface area contributed by atoms with E-state index in [9.17, 15) is 56.2 Å². The maximum absolute atomic E-state index is 12.3. The van der Waals surface area contributed by atoms with Crippen LogP contribution >= 0.6 is 27.5 Å². The van der Waals surface area contributed by atoms with Crippen molar-refractivity contribution in [2.45, 2.75) is 18.9 Å². The number of non-ortho nitro benzene ring substituents is 1. The highest BCUT2D eigenvalue weighted by molar-refractivity contribution is 9.09. The molecule has 2 rings (SSSR count). The normalized spacial score (nSPS) is 11.7. The minimum Gasteiger partial charge on any atom is -0.481 e. The number of carbonyl (C=O) groups excluding carboxylic acids is 2. The summed E-state index contributed by atoms with van der Waals surface area (Å²) in [5.74, 6) is -3.95. The molecule has 0 bridgehead atoms. The van der Waals surface area contributed by atoms with Crippen molar-refractivity contribution in [1.29, 1.82) is 0 Å². The van der Waals surface area contributed by atoms with Crippen LogP contribution < -0.4 is 20.9 Å². The van der Waals surface area contributed by atoms with Crippen molar-refractivity contribution in [1.82, 2.24) is 5.32 Å². The van der Waals surface area contributed by atoms with Crippen LogP contribution in [0.2, 0.25) is 0 Å². The number of nitro benzene ring substituents is 2. The second-order valence-electron chi connectivity index (χ2n) is 11.0. The Morgan fingerprint density at radius 3 is 1.87 bits per heavy atom. The lowest BCUT2D eigenvalue weighted by molar-refractivity contribution is -0.393. The fraction of sp³-hybridized carbons (Fsp3) is 0.448. The first-order valence-electron chi connectivity index (χ1n) is 15.4. The standard InChI is InChI=1S/C17H23ClN2O8S.C12H15BrN4O8S/c1-29(26,27)28-11-10-20(9-8-18)13-4-2-12(3-5-13)16(23)19-14(17(24)25)6-7-15(21)22;1-26(23,24)25-5-4-15(3-2-13)11-9(12(14)18)6-8(16(19)20)7-10(11)17(21)22/h2-5,14H,6-11H2,1H3,(H,19,23)(H,21,22)(H,24,25);6-7H,2-5H2,1H3,(H2,14,18)/t14-;/m1./s1. The topological polar surface area (TPSA) is 326 Å². The van der Waals surface area contributed by atoms with E-state index in [0.717, 1.165) is 18.6 Å². The molecule has 0 fully saturated rings. The summed E-state index contributed by atoms with van der Waals surface area (Å²) < 4.78 is 53.6. The van der Waals surface area contributed by atoms with Gasteiger partial charge >= 0.3 is 11.9 Å². The Morgan fingerprint density at radius 1 is 0.909 bits per heavy atom. The van der Waals surface area contributed by atoms with E-state index >= 15 is 0 Å². The van der Waals surface area contributed by atoms with Gasteiger partial charge in [-0.3, -0.25) is 43.0 Å². The van der Waals surface area contributed by atoms with E-state index in [1.807, 2.05) is 0 Å². The van der Waals surface area contributed by atoms with Gasteiger partial charge in [0.05, 0.1) is 47.2 Å². The van der Waals surface area contributed by atoms with Gasteiger partial charge in [-0.1, -0.05) is 15.9 Å². The van der Waals surface area contributed by atoms with Crippen molar-refractivity contribution < 1.29 is 64.4 Å². The molecular formula is C29H38BrClN6O16S2. The molecule has 2 aromatic carbocycles. The molecule has 5 N–H and O–H groups in total. The highest BCUT2D eigenvalue weighted by Gasteiger charge is 2.30. The summed E-state index contributed by atoms with van der Waals surface area (Å²) in [5.41, 5.74) is 4.05. The number of hydrogen-bond donors (Lipinski definition) is 4. The molecule has 55 heavy (non-hydrogen) atoms. The Bertz CT molecular complexity index is 1880. The molecule has 26 heteroatoms. The van der Waals surface area contributed by atoms with Crippen LogP contribution in [0.25, 0.3) is 0 Å². The fourth-order valence-electron chi connectivity index (χ4n) is 4.47. The molecule has 0 aliphatic heterocycles. The maximum Gasteiger partial charge on any atom is 0.326 e. The van der Waals surface area contributed by atoms with Crippen molar-refractivity contribution in [3.05, 3.63) is 67.8 Å². The van der Waals surface area contributed by atoms with Gasteiger partial charge in [-0.05, 0) is 30.7 Å². The number of aliphatic carboxylic acids is 2. The molecule has 1 atom stereocenters. The number of halogens is 2. The number of primary amides is 1. The summed E-state index contributed by atoms with van der Waals surface area (Å²) in [6.45, 7) is 0.224. The molecular weight excluding hydrogens is 868 g/mol. The van der Waals surface area contributed by atoms with Gasteiger partial charge in [-0.25, -0.2) is 4.79 Å². The number of rotatable bonds is 23. The quantitative estimate of drug-likeness (QED) is 0.0532. The molecule has 0 spiro atoms. The number of alkyl halides is 2. The molecule has 0 saturated heterocycles. The van der Waals surface area contributed by atoms with Gasteiger partial charge in [0.2, 0.25) is 0 Å². The third kappa shape index (κ3) is 18.0. The van der Waals surface area contributed by atoms with E-state index in [-0.39, 0.29) is 62.8 Å². The second kappa shape index (κ2) is 22.6. The molecule has 2 aromatic rings. The van der Waals surface area contributed by atoms with Gasteiger partial charge < -0.3 is 31.1 Å². The maximum atomic E-state index is 12.3. The van der Waals surface area contributed by atoms with Gasteiger partial charge in [-0.15, -0.1) is 11.6 Å². The Balaban J connectivity index is 0.000000553. The Kier molecular flexibility index (Phi) is 19.9. The molecule has 0 radical (unpaired) electrons. The van der Waals surface area contributed by atoms with Crippen molar-refractivity contribution in [3.63, 3.8) is 0 Å². The third-order valence-electron chi connectivity index (χ3n) is 6.83. The first kappa shape index (κ1) is 48.3. The number of nitrogens with one attached hydrogen (secondary N) is 1. The summed E-state index contributed by atoms with van der Waals surface area (Å²) in [6.07, 6.45) is 1.16. The van der Waals surface area contributed by atoms with E-state index in [1.165, 1.54) is 17.0 Å². The lowest BCUT2D eigenvalue weighted by Gasteiger charge is -2.25. The number of carbonyl (C=O) groups is 4. The number of carboxylic acid groups (broad SMARTS) is 2. The van der Waals surface area contributed by atoms with Crippen LogP contribution in [-0.4, -0.2) is 130 Å². The van der Waals surface area contributed by atoms with Crippen LogP contribution in [0.3, 0.4) is 0 Å². The van der Waals surface area contributed by atoms with E-state index in [4.69, 9.17) is 31.7 Å². The molecule has 0 aliphatic rings. The molecule has 0 saturated carbocycles. The summed E-state index contributed by atoms with van der Waals surface area (Å²) in [5, 5.41) is 42.7. The van der Waals surface area contributed by atoms with Crippen molar-refractivity contribution in [3.8, 4) is 0 Å². The van der Waals surface area contributed by atoms with Gasteiger partial charge in [-0.2, -0.15) is 16.8 Å². The minimum atomic E-state index is -3.74. The summed E-state index contributed by atoms with van der Waals surface area (Å²) >= 11 is 8.92. The number of benzene rings is 2. The third-order valence-corrected chi connectivity index (χ3v) is 8.55. The Labute approximate surface area is 328 Å². The monoisotopic (exact) mass is 904 g/mol. The van der Waals surface area contributed by atoms with Crippen LogP contribution in [0.4, 0.5) is 22.7 Å². The van der Waals surface area contributed by atoms with Crippen LogP contribution in [0.5, 0.6) is 0 Å². The van der Waals surface area contributed by atoms with Crippen molar-refractivity contribution in [2.75, 3.05) is 72.9 Å². The van der Waals surface area contributed by atoms with Crippen LogP contribution in [-0.2, 0) is 38.2 Å². The average molecular weight is 906 g/mol. The van der Waals surface area contributed by atoms with Gasteiger partial charge in [0.25, 0.3) is 43.4 Å². The van der Waals surface area contributed by atoms with Gasteiger partial charge in [0.15, 0.2) is 0 Å². The molecule has 2 amide bonds. The van der Waals surface area contributed by atoms with E-state index in [0.29, 0.717) is 23.6 Å². The zero-order valence-electron chi connectivity index (χ0n) is 29.2. The SMILES string of the molecule is CS(=O)(=O)OCCN(CCBr)c1c(C(N)=O)cc([N+](=O)[O-])cc1[N+](=O)[O-].CS(=O)(=O)OCCN(CCCl)c1ccc(C(=O)N[C@H](CCC(=O)O)C(=O)O)cc1. The lowest BCUT2D eigenvalue weighted by atomic mass is 10.1. The van der Waals surface area contributed by atoms with E-state index in [2.05, 4.69) is 25.4 Å². The number of carboxylic acids is 2. The molecule has 0 unspecified atom stereocenters. The van der Waals surface area contributed by atoms with Crippen molar-refractivity contribution in [2.24, 2.45) is 5.73 Å². The predicted octanol–water partition coefficient (Wildman–Crippen LogP) is 1.54. The Hall–Kier alpha value is -4.69. The highest BCUT2D eigenvalue weighted by Crippen LogP contribution is 2.36. The molecule has 22 nitrogen and oxygen atoms in total. The first-order valence-corrected chi connectivity index (χ1v) is 20.7. The Morgan fingerprint density at radius 2 is 1.45 bits per heavy atom. The molecule has 306 valence electrons. The summed E-state index contributed by atoms with van der Waals surface area (Å²) in [4.78, 5) is 69.4. The highest BCUT2D eigenvalue weighted by atomic mass is 79.9. The number of amides is 2. The predicted molar refractivity (Wildman–Crippen MR) is 201 cm³/mol. The van der Waals surface area contributed by atoms with Gasteiger partial charge in [0.1, 0.15) is 11.7 Å². The van der Waals surface area contributed by atoms with E-state index < -0.39 is 76.8 Å². The largest absolute Gasteiger partial charge is 0.481 e. The van der Waals surface area contributed by atoms with E-state index in [1.54, 1.807) is 17.0 Å². The molecule has 0 aliphatic carbocycles. The van der Waals surface area contributed by atoms with Gasteiger partial charge in [0, 0.05) is 61.1 Å². The lowest BCUT2D eigenvalue weighted by Crippen LogP contribution is -2.41. The molecule has 0 aromatic heterocycles. The zero-order chi connectivity index (χ0) is 42.1. The average Bonchev–Trinajstić information content (AvgIpc) is 3.07. The van der Waals surface area contributed by atoms with Crippen LogP contribution in [0, 0.1) is 20.2 Å². The van der Waals surface area contributed by atoms with Crippen LogP contribution in [0.15, 0.2) is 36.4 Å². The smallest absolute Gasteiger partial charge is 0.326 e. The summed E-state index contributed by atoms with van der Waals surface area (Å²) in [6, 6.07) is 6.38.